The summed E-state index contributed by atoms with van der Waals surface area (Å²) in [6.45, 7) is 0.418. The number of carboxylic acids is 1. The largest absolute Gasteiger partial charge is 0.481 e. The molecule has 1 aromatic carbocycles. The predicted molar refractivity (Wildman–Crippen MR) is 97.3 cm³/mol. The van der Waals surface area contributed by atoms with Gasteiger partial charge in [0.1, 0.15) is 0 Å². The van der Waals surface area contributed by atoms with E-state index >= 15 is 0 Å². The van der Waals surface area contributed by atoms with Crippen LogP contribution in [0.3, 0.4) is 0 Å². The molecule has 2 rings (SSSR count). The molecule has 0 aliphatic rings. The minimum absolute atomic E-state index is 0.0665. The van der Waals surface area contributed by atoms with Crippen molar-refractivity contribution >= 4 is 23.8 Å². The fourth-order valence-electron chi connectivity index (χ4n) is 2.29. The quantitative estimate of drug-likeness (QED) is 0.850. The molecule has 2 aromatic rings. The third-order valence-electron chi connectivity index (χ3n) is 3.69. The van der Waals surface area contributed by atoms with Crippen molar-refractivity contribution in [2.75, 3.05) is 19.0 Å². The molecule has 1 aromatic heterocycles. The number of nitrogens with zero attached hydrogens (tertiary/aromatic N) is 2. The van der Waals surface area contributed by atoms with E-state index < -0.39 is 5.97 Å². The summed E-state index contributed by atoms with van der Waals surface area (Å²) in [5, 5.41) is 8.63. The highest BCUT2D eigenvalue weighted by atomic mass is 16.4. The minimum Gasteiger partial charge on any atom is -0.481 e. The van der Waals surface area contributed by atoms with Gasteiger partial charge in [-0.25, -0.2) is 0 Å². The number of anilines is 1. The molecule has 0 aliphatic carbocycles. The van der Waals surface area contributed by atoms with Gasteiger partial charge in [0.15, 0.2) is 0 Å². The van der Waals surface area contributed by atoms with Gasteiger partial charge in [0, 0.05) is 45.0 Å². The normalized spacial score (nSPS) is 10.9. The fraction of sp³-hybridized carbons (Fsp3) is 0.263. The Bertz CT molecular complexity index is 774. The van der Waals surface area contributed by atoms with Gasteiger partial charge in [-0.1, -0.05) is 24.3 Å². The lowest BCUT2D eigenvalue weighted by Gasteiger charge is -2.11. The number of aryl methyl sites for hydroxylation is 1. The second-order valence-electron chi connectivity index (χ2n) is 5.81. The van der Waals surface area contributed by atoms with E-state index in [2.05, 4.69) is 0 Å². The van der Waals surface area contributed by atoms with E-state index in [9.17, 15) is 9.59 Å². The second-order valence-corrected chi connectivity index (χ2v) is 5.81. The molecule has 5 nitrogen and oxygen atoms in total. The van der Waals surface area contributed by atoms with Crippen LogP contribution in [0.15, 0.2) is 47.4 Å². The summed E-state index contributed by atoms with van der Waals surface area (Å²) in [5.41, 5.74) is 2.90. The molecular weight excluding hydrogens is 304 g/mol. The number of rotatable bonds is 7. The average molecular weight is 326 g/mol. The fourth-order valence-corrected chi connectivity index (χ4v) is 2.29. The van der Waals surface area contributed by atoms with Crippen LogP contribution >= 0.6 is 0 Å². The lowest BCUT2D eigenvalue weighted by Crippen LogP contribution is -2.19. The number of aliphatic carboxylic acids is 1. The third kappa shape index (κ3) is 5.12. The van der Waals surface area contributed by atoms with Gasteiger partial charge in [-0.2, -0.15) is 0 Å². The topological polar surface area (TPSA) is 62.5 Å². The van der Waals surface area contributed by atoms with Gasteiger partial charge in [0.2, 0.25) is 0 Å². The highest BCUT2D eigenvalue weighted by Crippen LogP contribution is 2.14. The summed E-state index contributed by atoms with van der Waals surface area (Å²) in [5.74, 6) is -0.845. The van der Waals surface area contributed by atoms with Gasteiger partial charge in [0.05, 0.1) is 0 Å². The zero-order chi connectivity index (χ0) is 17.5. The lowest BCUT2D eigenvalue weighted by atomic mass is 10.1. The SMILES string of the molecule is CN(C)c1ccc(/C=C/c2ccn(CCCC(=O)O)c(=O)c2)cc1. The Kier molecular flexibility index (Phi) is 5.95. The van der Waals surface area contributed by atoms with Crippen LogP contribution in [0, 0.1) is 0 Å². The van der Waals surface area contributed by atoms with Gasteiger partial charge >= 0.3 is 5.97 Å². The van der Waals surface area contributed by atoms with Crippen molar-refractivity contribution in [1.82, 2.24) is 4.57 Å². The highest BCUT2D eigenvalue weighted by molar-refractivity contribution is 5.70. The molecule has 1 N–H and O–H groups in total. The molecule has 5 heteroatoms. The first-order valence-electron chi connectivity index (χ1n) is 7.83. The Balaban J connectivity index is 2.03. The van der Waals surface area contributed by atoms with Crippen molar-refractivity contribution in [1.29, 1.82) is 0 Å². The van der Waals surface area contributed by atoms with Crippen LogP contribution in [-0.2, 0) is 11.3 Å². The Morgan fingerprint density at radius 3 is 2.38 bits per heavy atom. The number of aromatic nitrogens is 1. The van der Waals surface area contributed by atoms with Crippen LogP contribution in [0.4, 0.5) is 5.69 Å². The monoisotopic (exact) mass is 326 g/mol. The summed E-state index contributed by atoms with van der Waals surface area (Å²) in [6.07, 6.45) is 6.08. The molecule has 0 atom stereocenters. The number of pyridine rings is 1. The summed E-state index contributed by atoms with van der Waals surface area (Å²) >= 11 is 0. The molecule has 0 saturated heterocycles. The first-order chi connectivity index (χ1) is 11.5. The smallest absolute Gasteiger partial charge is 0.303 e. The summed E-state index contributed by atoms with van der Waals surface area (Å²) in [6, 6.07) is 11.6. The Morgan fingerprint density at radius 1 is 1.12 bits per heavy atom. The second kappa shape index (κ2) is 8.15. The van der Waals surface area contributed by atoms with Gasteiger partial charge < -0.3 is 14.6 Å². The van der Waals surface area contributed by atoms with Crippen molar-refractivity contribution in [2.24, 2.45) is 0 Å². The molecule has 0 unspecified atom stereocenters. The maximum atomic E-state index is 12.0. The maximum absolute atomic E-state index is 12.0. The maximum Gasteiger partial charge on any atom is 0.303 e. The van der Waals surface area contributed by atoms with E-state index in [1.165, 1.54) is 4.57 Å². The van der Waals surface area contributed by atoms with E-state index in [0.717, 1.165) is 16.8 Å². The van der Waals surface area contributed by atoms with Crippen LogP contribution in [0.1, 0.15) is 24.0 Å². The molecule has 24 heavy (non-hydrogen) atoms. The standard InChI is InChI=1S/C19H22N2O3/c1-20(2)17-9-7-15(8-10-17)5-6-16-11-13-21(18(22)14-16)12-3-4-19(23)24/h5-11,13-14H,3-4,12H2,1-2H3,(H,23,24)/b6-5+. The molecule has 0 spiro atoms. The van der Waals surface area contributed by atoms with E-state index in [4.69, 9.17) is 5.11 Å². The molecule has 0 saturated carbocycles. The van der Waals surface area contributed by atoms with Crippen molar-refractivity contribution in [3.63, 3.8) is 0 Å². The minimum atomic E-state index is -0.845. The summed E-state index contributed by atoms with van der Waals surface area (Å²) in [4.78, 5) is 24.6. The number of carboxylic acid groups (broad SMARTS) is 1. The first kappa shape index (κ1) is 17.5. The van der Waals surface area contributed by atoms with E-state index in [0.29, 0.717) is 13.0 Å². The van der Waals surface area contributed by atoms with Crippen molar-refractivity contribution in [2.45, 2.75) is 19.4 Å². The van der Waals surface area contributed by atoms with E-state index in [1.807, 2.05) is 61.5 Å². The van der Waals surface area contributed by atoms with Crippen molar-refractivity contribution in [3.05, 3.63) is 64.1 Å². The van der Waals surface area contributed by atoms with Crippen LogP contribution in [0.2, 0.25) is 0 Å². The van der Waals surface area contributed by atoms with Gasteiger partial charge in [0.25, 0.3) is 5.56 Å². The molecule has 126 valence electrons. The lowest BCUT2D eigenvalue weighted by molar-refractivity contribution is -0.137. The molecule has 0 bridgehead atoms. The van der Waals surface area contributed by atoms with Gasteiger partial charge in [-0.15, -0.1) is 0 Å². The molecular formula is C19H22N2O3. The van der Waals surface area contributed by atoms with Gasteiger partial charge in [-0.3, -0.25) is 9.59 Å². The summed E-state index contributed by atoms with van der Waals surface area (Å²) < 4.78 is 1.53. The molecule has 0 aliphatic heterocycles. The number of hydrogen-bond acceptors (Lipinski definition) is 3. The van der Waals surface area contributed by atoms with E-state index in [-0.39, 0.29) is 12.0 Å². The van der Waals surface area contributed by atoms with Gasteiger partial charge in [-0.05, 0) is 35.7 Å². The number of benzene rings is 1. The van der Waals surface area contributed by atoms with E-state index in [1.54, 1.807) is 12.3 Å². The zero-order valence-corrected chi connectivity index (χ0v) is 14.0. The highest BCUT2D eigenvalue weighted by Gasteiger charge is 2.00. The average Bonchev–Trinajstić information content (AvgIpc) is 2.55. The molecule has 0 fully saturated rings. The van der Waals surface area contributed by atoms with Crippen LogP contribution in [0.25, 0.3) is 12.2 Å². The molecule has 1 heterocycles. The third-order valence-corrected chi connectivity index (χ3v) is 3.69. The van der Waals surface area contributed by atoms with Crippen molar-refractivity contribution < 1.29 is 9.90 Å². The number of carbonyl (C=O) groups is 1. The summed E-state index contributed by atoms with van der Waals surface area (Å²) in [7, 11) is 3.99. The predicted octanol–water partition coefficient (Wildman–Crippen LogP) is 2.95. The van der Waals surface area contributed by atoms with Crippen molar-refractivity contribution in [3.8, 4) is 0 Å². The Labute approximate surface area is 141 Å². The Morgan fingerprint density at radius 2 is 1.79 bits per heavy atom. The van der Waals surface area contributed by atoms with Crippen LogP contribution in [-0.4, -0.2) is 29.7 Å². The Hall–Kier alpha value is -2.82. The van der Waals surface area contributed by atoms with Crippen LogP contribution < -0.4 is 10.5 Å². The van der Waals surface area contributed by atoms with Crippen LogP contribution in [0.5, 0.6) is 0 Å². The number of hydrogen-bond donors (Lipinski definition) is 1. The molecule has 0 radical (unpaired) electrons. The zero-order valence-electron chi connectivity index (χ0n) is 14.0. The molecule has 0 amide bonds. The first-order valence-corrected chi connectivity index (χ1v) is 7.83.